The quantitative estimate of drug-likeness (QED) is 0.714. The largest absolute Gasteiger partial charge is 0.381 e. The molecule has 0 bridgehead atoms. The Morgan fingerprint density at radius 1 is 1.31 bits per heavy atom. The summed E-state index contributed by atoms with van der Waals surface area (Å²) in [5, 5.41) is 4.30. The van der Waals surface area contributed by atoms with E-state index in [4.69, 9.17) is 9.47 Å². The van der Waals surface area contributed by atoms with Crippen LogP contribution in [0.15, 0.2) is 30.7 Å². The summed E-state index contributed by atoms with van der Waals surface area (Å²) in [6.45, 7) is 6.53. The molecule has 2 aromatic rings. The summed E-state index contributed by atoms with van der Waals surface area (Å²) in [5.74, 6) is 0.680. The Morgan fingerprint density at radius 3 is 3.00 bits per heavy atom. The number of aryl methyl sites for hydroxylation is 1. The number of fused-ring (bicyclic) bond motifs is 1. The first-order valence-corrected chi connectivity index (χ1v) is 9.79. The van der Waals surface area contributed by atoms with Crippen molar-refractivity contribution in [2.24, 2.45) is 13.0 Å². The van der Waals surface area contributed by atoms with Crippen molar-refractivity contribution in [3.05, 3.63) is 42.0 Å². The predicted octanol–water partition coefficient (Wildman–Crippen LogP) is 2.61. The van der Waals surface area contributed by atoms with Gasteiger partial charge in [-0.15, -0.1) is 0 Å². The fraction of sp³-hybridized carbons (Fsp3) is 0.650. The topological polar surface area (TPSA) is 44.5 Å². The van der Waals surface area contributed by atoms with E-state index in [-0.39, 0.29) is 0 Å². The van der Waals surface area contributed by atoms with Crippen LogP contribution >= 0.6 is 0 Å². The van der Waals surface area contributed by atoms with Gasteiger partial charge in [0.2, 0.25) is 0 Å². The lowest BCUT2D eigenvalue weighted by molar-refractivity contribution is 0.0160. The average Bonchev–Trinajstić information content (AvgIpc) is 3.28. The Hall–Kier alpha value is -1.63. The number of aromatic nitrogens is 3. The SMILES string of the molecule is Cn1cc(CN2Cc3cccn3C(CCOCC3CCOCC3)C2)cn1. The molecule has 0 radical (unpaired) electrons. The highest BCUT2D eigenvalue weighted by Gasteiger charge is 2.24. The molecule has 0 spiro atoms. The van der Waals surface area contributed by atoms with Gasteiger partial charge in [-0.1, -0.05) is 0 Å². The maximum absolute atomic E-state index is 6.02. The van der Waals surface area contributed by atoms with Crippen LogP contribution in [0.4, 0.5) is 0 Å². The van der Waals surface area contributed by atoms with Gasteiger partial charge in [0.05, 0.1) is 6.20 Å². The second kappa shape index (κ2) is 8.37. The van der Waals surface area contributed by atoms with Gasteiger partial charge in [-0.2, -0.15) is 5.10 Å². The molecule has 26 heavy (non-hydrogen) atoms. The van der Waals surface area contributed by atoms with Gasteiger partial charge < -0.3 is 14.0 Å². The van der Waals surface area contributed by atoms with Crippen molar-refractivity contribution in [1.29, 1.82) is 0 Å². The molecule has 2 aliphatic heterocycles. The second-order valence-corrected chi connectivity index (χ2v) is 7.67. The highest BCUT2D eigenvalue weighted by atomic mass is 16.5. The molecule has 6 heteroatoms. The van der Waals surface area contributed by atoms with Crippen LogP contribution in [0.5, 0.6) is 0 Å². The summed E-state index contributed by atoms with van der Waals surface area (Å²) in [4.78, 5) is 2.52. The number of hydrogen-bond donors (Lipinski definition) is 0. The molecule has 0 saturated carbocycles. The molecule has 0 aromatic carbocycles. The van der Waals surface area contributed by atoms with Crippen molar-refractivity contribution < 1.29 is 9.47 Å². The van der Waals surface area contributed by atoms with E-state index in [1.54, 1.807) is 0 Å². The first-order valence-electron chi connectivity index (χ1n) is 9.79. The minimum Gasteiger partial charge on any atom is -0.381 e. The number of hydrogen-bond acceptors (Lipinski definition) is 4. The van der Waals surface area contributed by atoms with Crippen LogP contribution < -0.4 is 0 Å². The van der Waals surface area contributed by atoms with Crippen LogP contribution in [0.2, 0.25) is 0 Å². The first-order chi connectivity index (χ1) is 12.8. The highest BCUT2D eigenvalue weighted by molar-refractivity contribution is 5.12. The minimum absolute atomic E-state index is 0.486. The van der Waals surface area contributed by atoms with Gasteiger partial charge in [-0.25, -0.2) is 0 Å². The van der Waals surface area contributed by atoms with Gasteiger partial charge in [0.25, 0.3) is 0 Å². The van der Waals surface area contributed by atoms with Gasteiger partial charge in [0.1, 0.15) is 0 Å². The van der Waals surface area contributed by atoms with E-state index >= 15 is 0 Å². The molecule has 6 nitrogen and oxygen atoms in total. The third-order valence-electron chi connectivity index (χ3n) is 5.57. The normalized spacial score (nSPS) is 21.8. The van der Waals surface area contributed by atoms with Crippen LogP contribution in [-0.2, 0) is 29.6 Å². The molecule has 1 saturated heterocycles. The molecule has 2 aromatic heterocycles. The summed E-state index contributed by atoms with van der Waals surface area (Å²) in [5.41, 5.74) is 2.68. The lowest BCUT2D eigenvalue weighted by atomic mass is 10.0. The zero-order chi connectivity index (χ0) is 17.8. The number of ether oxygens (including phenoxy) is 2. The predicted molar refractivity (Wildman–Crippen MR) is 99.8 cm³/mol. The summed E-state index contributed by atoms with van der Waals surface area (Å²) < 4.78 is 15.8. The second-order valence-electron chi connectivity index (χ2n) is 7.67. The van der Waals surface area contributed by atoms with Gasteiger partial charge in [-0.3, -0.25) is 9.58 Å². The average molecular weight is 358 g/mol. The van der Waals surface area contributed by atoms with E-state index in [0.29, 0.717) is 12.0 Å². The van der Waals surface area contributed by atoms with Crippen molar-refractivity contribution in [2.45, 2.75) is 38.4 Å². The summed E-state index contributed by atoms with van der Waals surface area (Å²) in [6.07, 6.45) is 9.65. The zero-order valence-corrected chi connectivity index (χ0v) is 15.7. The summed E-state index contributed by atoms with van der Waals surface area (Å²) >= 11 is 0. The Kier molecular flexibility index (Phi) is 5.72. The minimum atomic E-state index is 0.486. The van der Waals surface area contributed by atoms with E-state index in [0.717, 1.165) is 65.3 Å². The Bertz CT molecular complexity index is 690. The van der Waals surface area contributed by atoms with E-state index < -0.39 is 0 Å². The Balaban J connectivity index is 1.29. The van der Waals surface area contributed by atoms with Crippen LogP contribution in [-0.4, -0.2) is 52.2 Å². The molecule has 0 amide bonds. The molecular formula is C20H30N4O2. The van der Waals surface area contributed by atoms with Gasteiger partial charge in [0.15, 0.2) is 0 Å². The monoisotopic (exact) mass is 358 g/mol. The Labute approximate surface area is 155 Å². The number of rotatable bonds is 7. The molecule has 4 rings (SSSR count). The van der Waals surface area contributed by atoms with Gasteiger partial charge in [0, 0.05) is 82.8 Å². The van der Waals surface area contributed by atoms with Crippen LogP contribution in [0.3, 0.4) is 0 Å². The molecule has 0 N–H and O–H groups in total. The fourth-order valence-corrected chi connectivity index (χ4v) is 4.14. The van der Waals surface area contributed by atoms with Gasteiger partial charge in [-0.05, 0) is 37.3 Å². The lowest BCUT2D eigenvalue weighted by Crippen LogP contribution is -2.37. The van der Waals surface area contributed by atoms with E-state index in [9.17, 15) is 0 Å². The highest BCUT2D eigenvalue weighted by Crippen LogP contribution is 2.26. The molecule has 1 fully saturated rings. The van der Waals surface area contributed by atoms with Crippen molar-refractivity contribution in [3.8, 4) is 0 Å². The van der Waals surface area contributed by atoms with Gasteiger partial charge >= 0.3 is 0 Å². The molecule has 1 atom stereocenters. The van der Waals surface area contributed by atoms with E-state index in [2.05, 4.69) is 39.1 Å². The van der Waals surface area contributed by atoms with Crippen LogP contribution in [0, 0.1) is 5.92 Å². The smallest absolute Gasteiger partial charge is 0.0534 e. The lowest BCUT2D eigenvalue weighted by Gasteiger charge is -2.35. The molecule has 1 unspecified atom stereocenters. The Morgan fingerprint density at radius 2 is 2.19 bits per heavy atom. The van der Waals surface area contributed by atoms with Crippen LogP contribution in [0.25, 0.3) is 0 Å². The fourth-order valence-electron chi connectivity index (χ4n) is 4.14. The van der Waals surface area contributed by atoms with Crippen LogP contribution in [0.1, 0.15) is 36.6 Å². The molecule has 142 valence electrons. The maximum Gasteiger partial charge on any atom is 0.0534 e. The third kappa shape index (κ3) is 4.37. The van der Waals surface area contributed by atoms with Crippen molar-refractivity contribution in [1.82, 2.24) is 19.2 Å². The number of nitrogens with zero attached hydrogens (tertiary/aromatic N) is 4. The summed E-state index contributed by atoms with van der Waals surface area (Å²) in [6, 6.07) is 4.89. The third-order valence-corrected chi connectivity index (χ3v) is 5.57. The van der Waals surface area contributed by atoms with E-state index in [1.807, 2.05) is 17.9 Å². The van der Waals surface area contributed by atoms with Crippen molar-refractivity contribution in [2.75, 3.05) is 33.0 Å². The maximum atomic E-state index is 6.02. The molecule has 4 heterocycles. The van der Waals surface area contributed by atoms with Crippen molar-refractivity contribution >= 4 is 0 Å². The summed E-state index contributed by atoms with van der Waals surface area (Å²) in [7, 11) is 1.98. The molecular weight excluding hydrogens is 328 g/mol. The van der Waals surface area contributed by atoms with Crippen molar-refractivity contribution in [3.63, 3.8) is 0 Å². The molecule has 0 aliphatic carbocycles. The van der Waals surface area contributed by atoms with E-state index in [1.165, 1.54) is 11.3 Å². The first kappa shape index (κ1) is 17.8. The standard InChI is InChI=1S/C20H30N4O2/c1-22-12-18(11-21-22)13-23-14-19-3-2-7-24(19)20(15-23)6-10-26-16-17-4-8-25-9-5-17/h2-3,7,11-12,17,20H,4-6,8-10,13-16H2,1H3. The zero-order valence-electron chi connectivity index (χ0n) is 15.7. The molecule has 2 aliphatic rings.